The number of aromatic amines is 1. The molecule has 0 spiro atoms. The van der Waals surface area contributed by atoms with E-state index in [9.17, 15) is 26.7 Å². The van der Waals surface area contributed by atoms with E-state index in [1.54, 1.807) is 0 Å². The largest absolute Gasteiger partial charge is 0.375 e. The zero-order valence-electron chi connectivity index (χ0n) is 8.99. The van der Waals surface area contributed by atoms with Crippen molar-refractivity contribution in [2.24, 2.45) is 0 Å². The van der Waals surface area contributed by atoms with Crippen LogP contribution < -0.4 is 10.2 Å². The predicted molar refractivity (Wildman–Crippen MR) is 58.5 cm³/mol. The third kappa shape index (κ3) is 2.46. The number of halogens is 5. The van der Waals surface area contributed by atoms with E-state index in [0.717, 1.165) is 11.3 Å². The number of rotatable bonds is 3. The van der Waals surface area contributed by atoms with Gasteiger partial charge in [0.1, 0.15) is 5.69 Å². The Morgan fingerprint density at radius 2 is 1.53 bits per heavy atom. The zero-order valence-corrected chi connectivity index (χ0v) is 9.81. The van der Waals surface area contributed by atoms with Crippen molar-refractivity contribution in [3.8, 4) is 0 Å². The quantitative estimate of drug-likeness (QED) is 0.520. The first-order valence-corrected chi connectivity index (χ1v) is 5.71. The normalized spacial score (nSPS) is 10.8. The van der Waals surface area contributed by atoms with Crippen LogP contribution in [0.5, 0.6) is 0 Å². The summed E-state index contributed by atoms with van der Waals surface area (Å²) in [6.45, 7) is -0.281. The highest BCUT2D eigenvalue weighted by molar-refractivity contribution is 7.07. The Labute approximate surface area is 106 Å². The minimum atomic E-state index is -2.22. The van der Waals surface area contributed by atoms with E-state index in [2.05, 4.69) is 10.3 Å². The van der Waals surface area contributed by atoms with Crippen molar-refractivity contribution in [1.29, 1.82) is 0 Å². The van der Waals surface area contributed by atoms with Crippen molar-refractivity contribution < 1.29 is 22.0 Å². The van der Waals surface area contributed by atoms with Gasteiger partial charge in [0, 0.05) is 11.1 Å². The van der Waals surface area contributed by atoms with Crippen LogP contribution in [0.4, 0.5) is 27.6 Å². The van der Waals surface area contributed by atoms with Crippen molar-refractivity contribution in [2.45, 2.75) is 6.54 Å². The Morgan fingerprint density at radius 3 is 2.00 bits per heavy atom. The molecular formula is C10H5F5N2OS. The van der Waals surface area contributed by atoms with Gasteiger partial charge in [-0.1, -0.05) is 11.3 Å². The van der Waals surface area contributed by atoms with Crippen LogP contribution in [0, 0.1) is 29.1 Å². The van der Waals surface area contributed by atoms with Gasteiger partial charge in [-0.05, 0) is 0 Å². The number of thiazole rings is 1. The highest BCUT2D eigenvalue weighted by Crippen LogP contribution is 2.27. The Balaban J connectivity index is 2.32. The van der Waals surface area contributed by atoms with Crippen LogP contribution in [-0.2, 0) is 6.54 Å². The van der Waals surface area contributed by atoms with Gasteiger partial charge in [-0.15, -0.1) is 0 Å². The lowest BCUT2D eigenvalue weighted by atomic mass is 10.2. The van der Waals surface area contributed by atoms with Gasteiger partial charge in [0.2, 0.25) is 5.82 Å². The summed E-state index contributed by atoms with van der Waals surface area (Å²) < 4.78 is 65.0. The van der Waals surface area contributed by atoms with Gasteiger partial charge in [0.25, 0.3) is 0 Å². The van der Waals surface area contributed by atoms with Crippen molar-refractivity contribution in [3.05, 3.63) is 49.8 Å². The molecule has 102 valence electrons. The maximum atomic E-state index is 13.3. The summed E-state index contributed by atoms with van der Waals surface area (Å²) in [5.74, 6) is -10.2. The molecule has 0 saturated carbocycles. The van der Waals surface area contributed by atoms with Gasteiger partial charge < -0.3 is 10.3 Å². The minimum Gasteiger partial charge on any atom is -0.375 e. The third-order valence-corrected chi connectivity index (χ3v) is 2.95. The van der Waals surface area contributed by atoms with Gasteiger partial charge in [0.05, 0.1) is 6.54 Å². The maximum Gasteiger partial charge on any atom is 0.304 e. The van der Waals surface area contributed by atoms with Crippen molar-refractivity contribution in [1.82, 2.24) is 4.98 Å². The lowest BCUT2D eigenvalue weighted by Crippen LogP contribution is -2.10. The second kappa shape index (κ2) is 5.00. The molecule has 0 aliphatic rings. The molecule has 0 aliphatic carbocycles. The monoisotopic (exact) mass is 296 g/mol. The molecule has 1 heterocycles. The molecule has 2 rings (SSSR count). The lowest BCUT2D eigenvalue weighted by Gasteiger charge is -2.09. The van der Waals surface area contributed by atoms with E-state index in [0.29, 0.717) is 0 Å². The molecule has 0 amide bonds. The fourth-order valence-corrected chi connectivity index (χ4v) is 1.93. The molecule has 1 aromatic carbocycles. The molecule has 19 heavy (non-hydrogen) atoms. The van der Waals surface area contributed by atoms with Crippen molar-refractivity contribution in [3.63, 3.8) is 0 Å². The summed E-state index contributed by atoms with van der Waals surface area (Å²) in [5, 5.41) is 3.42. The van der Waals surface area contributed by atoms with Crippen LogP contribution >= 0.6 is 11.3 Å². The molecule has 2 aromatic rings. The second-order valence-corrected chi connectivity index (χ2v) is 4.31. The molecule has 0 atom stereocenters. The molecule has 0 radical (unpaired) electrons. The average Bonchev–Trinajstić information content (AvgIpc) is 2.80. The number of hydrogen-bond donors (Lipinski definition) is 2. The molecule has 9 heteroatoms. The summed E-state index contributed by atoms with van der Waals surface area (Å²) in [7, 11) is 0. The Kier molecular flexibility index (Phi) is 3.56. The number of hydrogen-bond acceptors (Lipinski definition) is 3. The summed E-state index contributed by atoms with van der Waals surface area (Å²) in [6, 6.07) is 0. The van der Waals surface area contributed by atoms with E-state index in [1.165, 1.54) is 5.38 Å². The van der Waals surface area contributed by atoms with E-state index < -0.39 is 39.6 Å². The summed E-state index contributed by atoms with van der Waals surface area (Å²) >= 11 is 0.810. The number of benzene rings is 1. The van der Waals surface area contributed by atoms with Crippen LogP contribution in [0.2, 0.25) is 0 Å². The van der Waals surface area contributed by atoms with Gasteiger partial charge >= 0.3 is 4.87 Å². The van der Waals surface area contributed by atoms with Crippen LogP contribution in [0.3, 0.4) is 0 Å². The zero-order chi connectivity index (χ0) is 14.2. The van der Waals surface area contributed by atoms with E-state index >= 15 is 0 Å². The number of aromatic nitrogens is 1. The fraction of sp³-hybridized carbons (Fsp3) is 0.100. The van der Waals surface area contributed by atoms with Gasteiger partial charge in [-0.3, -0.25) is 4.79 Å². The van der Waals surface area contributed by atoms with Crippen LogP contribution in [0.25, 0.3) is 0 Å². The SMILES string of the molecule is O=c1[nH]c(CNc2c(F)c(F)c(F)c(F)c2F)cs1. The second-order valence-electron chi connectivity index (χ2n) is 3.47. The first-order valence-electron chi connectivity index (χ1n) is 4.83. The molecule has 0 aliphatic heterocycles. The maximum absolute atomic E-state index is 13.3. The van der Waals surface area contributed by atoms with Gasteiger partial charge in [-0.2, -0.15) is 0 Å². The Hall–Kier alpha value is -1.90. The molecular weight excluding hydrogens is 291 g/mol. The molecule has 1 aromatic heterocycles. The lowest BCUT2D eigenvalue weighted by molar-refractivity contribution is 0.381. The molecule has 0 fully saturated rings. The van der Waals surface area contributed by atoms with Crippen LogP contribution in [0.15, 0.2) is 10.2 Å². The standard InChI is InChI=1S/C10H5F5N2OS/c11-4-5(12)7(14)9(8(15)6(4)13)16-1-3-2-19-10(18)17-3/h2,16H,1H2,(H,17,18). The fourth-order valence-electron chi connectivity index (χ4n) is 1.34. The smallest absolute Gasteiger partial charge is 0.304 e. The number of H-pyrrole nitrogens is 1. The first kappa shape index (κ1) is 13.5. The van der Waals surface area contributed by atoms with Crippen LogP contribution in [-0.4, -0.2) is 4.98 Å². The molecule has 0 unspecified atom stereocenters. The molecule has 2 N–H and O–H groups in total. The van der Waals surface area contributed by atoms with E-state index in [-0.39, 0.29) is 12.2 Å². The molecule has 0 saturated heterocycles. The first-order chi connectivity index (χ1) is 8.91. The number of anilines is 1. The Morgan fingerprint density at radius 1 is 1.00 bits per heavy atom. The number of nitrogens with one attached hydrogen (secondary N) is 2. The highest BCUT2D eigenvalue weighted by Gasteiger charge is 2.25. The molecule has 3 nitrogen and oxygen atoms in total. The third-order valence-electron chi connectivity index (χ3n) is 2.24. The van der Waals surface area contributed by atoms with Crippen LogP contribution in [0.1, 0.15) is 5.69 Å². The van der Waals surface area contributed by atoms with Gasteiger partial charge in [0.15, 0.2) is 23.3 Å². The highest BCUT2D eigenvalue weighted by atomic mass is 32.1. The Bertz CT molecular complexity index is 652. The summed E-state index contributed by atoms with van der Waals surface area (Å²) in [6.07, 6.45) is 0. The predicted octanol–water partition coefficient (Wildman–Crippen LogP) is 2.74. The topological polar surface area (TPSA) is 44.9 Å². The summed E-state index contributed by atoms with van der Waals surface area (Å²) in [5.41, 5.74) is -0.873. The van der Waals surface area contributed by atoms with E-state index in [1.807, 2.05) is 0 Å². The van der Waals surface area contributed by atoms with Crippen molar-refractivity contribution >= 4 is 17.0 Å². The average molecular weight is 296 g/mol. The summed E-state index contributed by atoms with van der Waals surface area (Å²) in [4.78, 5) is 12.7. The van der Waals surface area contributed by atoms with Gasteiger partial charge in [-0.25, -0.2) is 22.0 Å². The molecule has 0 bridgehead atoms. The van der Waals surface area contributed by atoms with E-state index in [4.69, 9.17) is 0 Å². The van der Waals surface area contributed by atoms with Crippen molar-refractivity contribution in [2.75, 3.05) is 5.32 Å². The minimum absolute atomic E-state index is 0.263.